The third-order valence-electron chi connectivity index (χ3n) is 6.41. The number of anilines is 1. The fourth-order valence-electron chi connectivity index (χ4n) is 4.49. The summed E-state index contributed by atoms with van der Waals surface area (Å²) in [6.07, 6.45) is 1.86. The Morgan fingerprint density at radius 1 is 1.08 bits per heavy atom. The van der Waals surface area contributed by atoms with Crippen LogP contribution in [0, 0.1) is 5.82 Å². The van der Waals surface area contributed by atoms with Crippen molar-refractivity contribution >= 4 is 34.9 Å². The van der Waals surface area contributed by atoms with Gasteiger partial charge in [-0.05, 0) is 72.9 Å². The molecule has 2 aromatic carbocycles. The molecule has 0 spiro atoms. The highest BCUT2D eigenvalue weighted by Gasteiger charge is 2.41. The van der Waals surface area contributed by atoms with Gasteiger partial charge in [-0.25, -0.2) is 9.18 Å². The molecule has 0 unspecified atom stereocenters. The van der Waals surface area contributed by atoms with Gasteiger partial charge in [0.1, 0.15) is 23.4 Å². The van der Waals surface area contributed by atoms with E-state index in [9.17, 15) is 14.0 Å². The number of ether oxygens (including phenoxy) is 1. The molecule has 0 bridgehead atoms. The van der Waals surface area contributed by atoms with Crippen LogP contribution in [0.25, 0.3) is 11.3 Å². The minimum absolute atomic E-state index is 0.146. The van der Waals surface area contributed by atoms with Crippen molar-refractivity contribution in [2.75, 3.05) is 19.0 Å². The molecule has 1 fully saturated rings. The summed E-state index contributed by atoms with van der Waals surface area (Å²) >= 11 is 5.67. The summed E-state index contributed by atoms with van der Waals surface area (Å²) in [4.78, 5) is 30.9. The van der Waals surface area contributed by atoms with Crippen LogP contribution in [-0.2, 0) is 9.53 Å². The number of nitrogens with zero attached hydrogens (tertiary/aromatic N) is 2. The lowest BCUT2D eigenvalue weighted by atomic mass is 10.0. The van der Waals surface area contributed by atoms with Crippen molar-refractivity contribution in [1.82, 2.24) is 15.2 Å². The fraction of sp³-hybridized carbons (Fsp3) is 0.172. The Hall–Kier alpha value is -4.57. The molecule has 0 radical (unpaired) electrons. The molecule has 3 heterocycles. The van der Waals surface area contributed by atoms with Crippen molar-refractivity contribution in [1.29, 1.82) is 0 Å². The van der Waals surface area contributed by atoms with Gasteiger partial charge in [0.05, 0.1) is 24.4 Å². The zero-order chi connectivity index (χ0) is 27.4. The molecule has 0 aliphatic carbocycles. The van der Waals surface area contributed by atoms with Crippen molar-refractivity contribution in [3.8, 4) is 11.3 Å². The van der Waals surface area contributed by atoms with Crippen molar-refractivity contribution in [2.45, 2.75) is 18.5 Å². The number of methoxy groups -OCH3 is 1. The molecule has 5 rings (SSSR count). The lowest BCUT2D eigenvalue weighted by molar-refractivity contribution is -0.116. The Balaban J connectivity index is 1.38. The topological polar surface area (TPSA) is 96.7 Å². The Morgan fingerprint density at radius 3 is 2.54 bits per heavy atom. The Bertz CT molecular complexity index is 1480. The van der Waals surface area contributed by atoms with E-state index in [1.807, 2.05) is 35.2 Å². The second-order valence-corrected chi connectivity index (χ2v) is 9.28. The van der Waals surface area contributed by atoms with Crippen LogP contribution in [0.1, 0.15) is 40.3 Å². The largest absolute Gasteiger partial charge is 0.465 e. The summed E-state index contributed by atoms with van der Waals surface area (Å²) in [5, 5.41) is 6.59. The first kappa shape index (κ1) is 26.1. The third kappa shape index (κ3) is 5.80. The number of halogens is 1. The van der Waals surface area contributed by atoms with Crippen LogP contribution in [-0.4, -0.2) is 40.5 Å². The minimum Gasteiger partial charge on any atom is -0.465 e. The number of pyridine rings is 1. The lowest BCUT2D eigenvalue weighted by Crippen LogP contribution is -2.32. The number of aromatic nitrogens is 1. The van der Waals surface area contributed by atoms with Gasteiger partial charge in [0.15, 0.2) is 5.11 Å². The number of thiocarbonyl (C=S) groups is 1. The summed E-state index contributed by atoms with van der Waals surface area (Å²) in [5.41, 5.74) is 2.53. The van der Waals surface area contributed by atoms with Crippen molar-refractivity contribution in [2.24, 2.45) is 0 Å². The van der Waals surface area contributed by atoms with Crippen LogP contribution in [0.4, 0.5) is 10.1 Å². The first-order valence-electron chi connectivity index (χ1n) is 12.2. The summed E-state index contributed by atoms with van der Waals surface area (Å²) in [7, 11) is 1.34. The first-order chi connectivity index (χ1) is 18.9. The number of rotatable bonds is 8. The van der Waals surface area contributed by atoms with E-state index in [0.29, 0.717) is 34.4 Å². The number of benzene rings is 2. The molecule has 1 aliphatic rings. The molecule has 39 heavy (non-hydrogen) atoms. The maximum atomic E-state index is 13.2. The second-order valence-electron chi connectivity index (χ2n) is 8.90. The summed E-state index contributed by atoms with van der Waals surface area (Å²) in [6, 6.07) is 21.3. The van der Waals surface area contributed by atoms with Gasteiger partial charge in [0, 0.05) is 30.4 Å². The summed E-state index contributed by atoms with van der Waals surface area (Å²) < 4.78 is 24.3. The number of carbonyl (C=O) groups is 2. The highest BCUT2D eigenvalue weighted by Crippen LogP contribution is 2.40. The second kappa shape index (κ2) is 11.4. The number of hydrogen-bond donors (Lipinski definition) is 2. The molecule has 0 saturated carbocycles. The maximum absolute atomic E-state index is 13.2. The van der Waals surface area contributed by atoms with Gasteiger partial charge in [0.25, 0.3) is 0 Å². The van der Waals surface area contributed by atoms with Crippen LogP contribution >= 0.6 is 12.2 Å². The molecule has 8 nitrogen and oxygen atoms in total. The molecule has 10 heteroatoms. The molecular formula is C29H25FN4O4S. The van der Waals surface area contributed by atoms with Crippen molar-refractivity contribution in [3.05, 3.63) is 108 Å². The predicted molar refractivity (Wildman–Crippen MR) is 147 cm³/mol. The molecule has 198 valence electrons. The van der Waals surface area contributed by atoms with Gasteiger partial charge in [0.2, 0.25) is 5.91 Å². The number of furan rings is 1. The molecular weight excluding hydrogens is 519 g/mol. The lowest BCUT2D eigenvalue weighted by Gasteiger charge is -2.25. The number of carbonyl (C=O) groups excluding carboxylic acids is 2. The number of hydrogen-bond acceptors (Lipinski definition) is 6. The first-order valence-corrected chi connectivity index (χ1v) is 12.7. The zero-order valence-corrected chi connectivity index (χ0v) is 21.8. The van der Waals surface area contributed by atoms with Crippen molar-refractivity contribution in [3.63, 3.8) is 0 Å². The monoisotopic (exact) mass is 544 g/mol. The fourth-order valence-corrected chi connectivity index (χ4v) is 4.82. The van der Waals surface area contributed by atoms with E-state index < -0.39 is 5.97 Å². The van der Waals surface area contributed by atoms with E-state index in [1.165, 1.54) is 31.4 Å². The third-order valence-corrected chi connectivity index (χ3v) is 6.77. The summed E-state index contributed by atoms with van der Waals surface area (Å²) in [6.45, 7) is 0.316. The zero-order valence-electron chi connectivity index (χ0n) is 21.0. The molecule has 2 atom stereocenters. The number of esters is 1. The Kier molecular flexibility index (Phi) is 7.64. The van der Waals surface area contributed by atoms with Crippen LogP contribution in [0.2, 0.25) is 0 Å². The minimum atomic E-state index is -0.412. The van der Waals surface area contributed by atoms with E-state index in [0.717, 1.165) is 11.3 Å². The highest BCUT2D eigenvalue weighted by molar-refractivity contribution is 7.80. The average Bonchev–Trinajstić information content (AvgIpc) is 3.58. The van der Waals surface area contributed by atoms with Crippen LogP contribution in [0.3, 0.4) is 0 Å². The molecule has 1 amide bonds. The van der Waals surface area contributed by atoms with Crippen LogP contribution in [0.15, 0.2) is 89.5 Å². The van der Waals surface area contributed by atoms with E-state index in [4.69, 9.17) is 21.4 Å². The normalized spacial score (nSPS) is 16.6. The number of amides is 1. The van der Waals surface area contributed by atoms with E-state index in [1.54, 1.807) is 30.5 Å². The maximum Gasteiger partial charge on any atom is 0.337 e. The smallest absolute Gasteiger partial charge is 0.337 e. The van der Waals surface area contributed by atoms with Gasteiger partial charge < -0.3 is 24.7 Å². The van der Waals surface area contributed by atoms with Crippen molar-refractivity contribution < 1.29 is 23.1 Å². The number of nitrogens with one attached hydrogen (secondary N) is 2. The Morgan fingerprint density at radius 2 is 1.85 bits per heavy atom. The van der Waals surface area contributed by atoms with E-state index in [-0.39, 0.29) is 30.2 Å². The SMILES string of the molecule is COC(=O)c1ccc(-c2ccc([C@H]3[C@H](c4ccccn4)NC(=S)N3CCC(=O)Nc3ccc(F)cc3)o2)cc1. The van der Waals surface area contributed by atoms with E-state index >= 15 is 0 Å². The van der Waals surface area contributed by atoms with Crippen LogP contribution in [0.5, 0.6) is 0 Å². The van der Waals surface area contributed by atoms with E-state index in [2.05, 4.69) is 15.6 Å². The highest BCUT2D eigenvalue weighted by atomic mass is 32.1. The molecule has 1 saturated heterocycles. The Labute approximate surface area is 229 Å². The van der Waals surface area contributed by atoms with Crippen LogP contribution < -0.4 is 10.6 Å². The van der Waals surface area contributed by atoms with Gasteiger partial charge in [-0.1, -0.05) is 18.2 Å². The van der Waals surface area contributed by atoms with Gasteiger partial charge in [-0.15, -0.1) is 0 Å². The molecule has 2 N–H and O–H groups in total. The molecule has 1 aliphatic heterocycles. The quantitative estimate of drug-likeness (QED) is 0.229. The van der Waals surface area contributed by atoms with Gasteiger partial charge >= 0.3 is 5.97 Å². The summed E-state index contributed by atoms with van der Waals surface area (Å²) in [5.74, 6) is 0.249. The molecule has 2 aromatic heterocycles. The standard InChI is InChI=1S/C29H25FN4O4S/c1-37-28(36)19-7-5-18(6-8-19)23-13-14-24(38-23)27-26(22-4-2-3-16-31-22)33-29(39)34(27)17-15-25(35)32-21-11-9-20(30)10-12-21/h2-14,16,26-27H,15,17H2,1H3,(H,32,35)(H,33,39)/t26-,27-/m0/s1. The van der Waals surface area contributed by atoms with Gasteiger partial charge in [-0.3, -0.25) is 9.78 Å². The predicted octanol–water partition coefficient (Wildman–Crippen LogP) is 5.27. The van der Waals surface area contributed by atoms with Gasteiger partial charge in [-0.2, -0.15) is 0 Å². The molecule has 4 aromatic rings. The average molecular weight is 545 g/mol.